The Hall–Kier alpha value is -3.39. The van der Waals surface area contributed by atoms with Crippen LogP contribution in [-0.4, -0.2) is 66.9 Å². The molecule has 2 amide bonds. The second kappa shape index (κ2) is 9.85. The molecule has 1 atom stereocenters. The smallest absolute Gasteiger partial charge is 0.407 e. The molecule has 0 bridgehead atoms. The number of carbonyl (C=O) groups excluding carboxylic acids is 2. The van der Waals surface area contributed by atoms with Crippen LogP contribution in [-0.2, 0) is 19.1 Å². The fraction of sp³-hybridized carbons (Fsp3) is 0.423. The normalized spacial score (nSPS) is 17.6. The van der Waals surface area contributed by atoms with Crippen LogP contribution < -0.4 is 5.32 Å². The highest BCUT2D eigenvalue weighted by Gasteiger charge is 2.38. The molecule has 8 nitrogen and oxygen atoms in total. The Morgan fingerprint density at radius 2 is 1.71 bits per heavy atom. The first-order valence-electron chi connectivity index (χ1n) is 11.5. The van der Waals surface area contributed by atoms with Gasteiger partial charge in [-0.3, -0.25) is 9.59 Å². The van der Waals surface area contributed by atoms with Crippen molar-refractivity contribution in [2.45, 2.75) is 32.2 Å². The third-order valence-electron chi connectivity index (χ3n) is 6.50. The van der Waals surface area contributed by atoms with Crippen molar-refractivity contribution in [1.29, 1.82) is 0 Å². The molecule has 1 saturated heterocycles. The number of ether oxygens (including phenoxy) is 2. The van der Waals surface area contributed by atoms with Gasteiger partial charge in [-0.05, 0) is 36.1 Å². The van der Waals surface area contributed by atoms with Gasteiger partial charge in [0.25, 0.3) is 0 Å². The largest absolute Gasteiger partial charge is 0.481 e. The minimum Gasteiger partial charge on any atom is -0.481 e. The predicted molar refractivity (Wildman–Crippen MR) is 125 cm³/mol. The molecule has 34 heavy (non-hydrogen) atoms. The van der Waals surface area contributed by atoms with Gasteiger partial charge in [-0.1, -0.05) is 48.5 Å². The van der Waals surface area contributed by atoms with Gasteiger partial charge in [-0.25, -0.2) is 4.79 Å². The van der Waals surface area contributed by atoms with Crippen LogP contribution in [0.15, 0.2) is 48.5 Å². The molecule has 2 aromatic rings. The van der Waals surface area contributed by atoms with Crippen LogP contribution in [0.5, 0.6) is 0 Å². The van der Waals surface area contributed by atoms with Crippen LogP contribution in [0.1, 0.15) is 37.3 Å². The molecule has 1 aliphatic carbocycles. The Labute approximate surface area is 198 Å². The molecule has 1 unspecified atom stereocenters. The summed E-state index contributed by atoms with van der Waals surface area (Å²) < 4.78 is 10.9. The monoisotopic (exact) mass is 466 g/mol. The van der Waals surface area contributed by atoms with Crippen LogP contribution in [0.4, 0.5) is 4.79 Å². The van der Waals surface area contributed by atoms with E-state index < -0.39 is 23.5 Å². The average molecular weight is 467 g/mol. The number of alkyl carbamates (subject to hydrolysis) is 1. The van der Waals surface area contributed by atoms with Crippen LogP contribution in [0, 0.1) is 5.41 Å². The standard InChI is InChI=1S/C26H30N2O6/c1-26(2,24(31)28-11-12-33-14-17(28)13-23(29)30)16-27-25(32)34-15-22-20-9-5-3-7-18(20)19-8-4-6-10-21(19)22/h3-10,17,22H,11-16H2,1-2H3,(H,27,32)(H,29,30). The molecule has 1 aliphatic heterocycles. The van der Waals surface area contributed by atoms with Gasteiger partial charge in [-0.15, -0.1) is 0 Å². The number of morpholine rings is 1. The average Bonchev–Trinajstić information content (AvgIpc) is 3.15. The molecule has 2 aromatic carbocycles. The first-order valence-corrected chi connectivity index (χ1v) is 11.5. The fourth-order valence-corrected chi connectivity index (χ4v) is 4.70. The second-order valence-corrected chi connectivity index (χ2v) is 9.39. The molecule has 0 saturated carbocycles. The number of carboxylic acids is 1. The topological polar surface area (TPSA) is 105 Å². The van der Waals surface area contributed by atoms with E-state index in [1.165, 1.54) is 0 Å². The van der Waals surface area contributed by atoms with Crippen molar-refractivity contribution in [3.63, 3.8) is 0 Å². The van der Waals surface area contributed by atoms with Crippen LogP contribution in [0.2, 0.25) is 0 Å². The van der Waals surface area contributed by atoms with Gasteiger partial charge in [0.15, 0.2) is 0 Å². The number of fused-ring (bicyclic) bond motifs is 3. The maximum absolute atomic E-state index is 13.2. The number of benzene rings is 2. The lowest BCUT2D eigenvalue weighted by atomic mass is 9.90. The van der Waals surface area contributed by atoms with Crippen LogP contribution in [0.25, 0.3) is 11.1 Å². The number of nitrogens with one attached hydrogen (secondary N) is 1. The highest BCUT2D eigenvalue weighted by Crippen LogP contribution is 2.44. The molecular weight excluding hydrogens is 436 g/mol. The van der Waals surface area contributed by atoms with Crippen molar-refractivity contribution in [3.8, 4) is 11.1 Å². The SMILES string of the molecule is CC(C)(CNC(=O)OCC1c2ccccc2-c2ccccc21)C(=O)N1CCOCC1CC(=O)O. The lowest BCUT2D eigenvalue weighted by Crippen LogP contribution is -2.55. The maximum atomic E-state index is 13.2. The first-order chi connectivity index (χ1) is 16.3. The summed E-state index contributed by atoms with van der Waals surface area (Å²) in [5, 5.41) is 11.9. The molecule has 2 aliphatic rings. The number of carbonyl (C=O) groups is 3. The minimum absolute atomic E-state index is 0.0436. The van der Waals surface area contributed by atoms with E-state index in [4.69, 9.17) is 14.6 Å². The Kier molecular flexibility index (Phi) is 6.88. The van der Waals surface area contributed by atoms with Gasteiger partial charge in [0.2, 0.25) is 5.91 Å². The zero-order valence-corrected chi connectivity index (χ0v) is 19.5. The lowest BCUT2D eigenvalue weighted by Gasteiger charge is -2.39. The summed E-state index contributed by atoms with van der Waals surface area (Å²) in [7, 11) is 0. The molecule has 8 heteroatoms. The third-order valence-corrected chi connectivity index (χ3v) is 6.50. The van der Waals surface area contributed by atoms with Gasteiger partial charge < -0.3 is 24.8 Å². The van der Waals surface area contributed by atoms with Gasteiger partial charge >= 0.3 is 12.1 Å². The summed E-state index contributed by atoms with van der Waals surface area (Å²) in [5.41, 5.74) is 3.63. The summed E-state index contributed by atoms with van der Waals surface area (Å²) in [6.45, 7) is 4.59. The summed E-state index contributed by atoms with van der Waals surface area (Å²) in [6.07, 6.45) is -0.770. The summed E-state index contributed by atoms with van der Waals surface area (Å²) in [4.78, 5) is 38.4. The van der Waals surface area contributed by atoms with Crippen molar-refractivity contribution in [1.82, 2.24) is 10.2 Å². The van der Waals surface area contributed by atoms with E-state index in [0.717, 1.165) is 22.3 Å². The van der Waals surface area contributed by atoms with E-state index in [1.54, 1.807) is 18.7 Å². The minimum atomic E-state index is -0.983. The van der Waals surface area contributed by atoms with E-state index in [1.807, 2.05) is 24.3 Å². The Balaban J connectivity index is 1.35. The van der Waals surface area contributed by atoms with E-state index >= 15 is 0 Å². The fourth-order valence-electron chi connectivity index (χ4n) is 4.70. The quantitative estimate of drug-likeness (QED) is 0.649. The molecule has 4 rings (SSSR count). The second-order valence-electron chi connectivity index (χ2n) is 9.39. The highest BCUT2D eigenvalue weighted by atomic mass is 16.5. The van der Waals surface area contributed by atoms with E-state index in [0.29, 0.717) is 13.2 Å². The van der Waals surface area contributed by atoms with Gasteiger partial charge in [0.05, 0.1) is 31.1 Å². The van der Waals surface area contributed by atoms with Crippen molar-refractivity contribution in [2.75, 3.05) is 32.9 Å². The number of hydrogen-bond acceptors (Lipinski definition) is 5. The third kappa shape index (κ3) is 4.92. The maximum Gasteiger partial charge on any atom is 0.407 e. The molecule has 0 aromatic heterocycles. The summed E-state index contributed by atoms with van der Waals surface area (Å²) in [5.74, 6) is -1.25. The Morgan fingerprint density at radius 3 is 2.32 bits per heavy atom. The van der Waals surface area contributed by atoms with E-state index in [2.05, 4.69) is 29.6 Å². The molecule has 180 valence electrons. The van der Waals surface area contributed by atoms with E-state index in [9.17, 15) is 14.4 Å². The van der Waals surface area contributed by atoms with Crippen LogP contribution >= 0.6 is 0 Å². The van der Waals surface area contributed by atoms with Gasteiger partial charge in [0.1, 0.15) is 6.61 Å². The molecule has 0 radical (unpaired) electrons. The molecule has 1 heterocycles. The van der Waals surface area contributed by atoms with Crippen molar-refractivity contribution in [2.24, 2.45) is 5.41 Å². The number of nitrogens with zero attached hydrogens (tertiary/aromatic N) is 1. The number of hydrogen-bond donors (Lipinski definition) is 2. The summed E-state index contributed by atoms with van der Waals surface area (Å²) >= 11 is 0. The zero-order valence-electron chi connectivity index (χ0n) is 19.5. The van der Waals surface area contributed by atoms with Crippen LogP contribution in [0.3, 0.4) is 0 Å². The van der Waals surface area contributed by atoms with Crippen molar-refractivity contribution >= 4 is 18.0 Å². The number of amides is 2. The molecule has 0 spiro atoms. The summed E-state index contributed by atoms with van der Waals surface area (Å²) in [6, 6.07) is 15.7. The van der Waals surface area contributed by atoms with Crippen molar-refractivity contribution < 1.29 is 29.0 Å². The number of carboxylic acid groups (broad SMARTS) is 1. The molecular formula is C26H30N2O6. The highest BCUT2D eigenvalue weighted by molar-refractivity contribution is 5.84. The first kappa shape index (κ1) is 23.8. The number of rotatable bonds is 7. The Bertz CT molecular complexity index is 1040. The van der Waals surface area contributed by atoms with E-state index in [-0.39, 0.29) is 38.0 Å². The lowest BCUT2D eigenvalue weighted by molar-refractivity contribution is -0.152. The predicted octanol–water partition coefficient (Wildman–Crippen LogP) is 3.25. The molecule has 2 N–H and O–H groups in total. The zero-order chi connectivity index (χ0) is 24.3. The molecule has 1 fully saturated rings. The number of aliphatic carboxylic acids is 1. The van der Waals surface area contributed by atoms with Crippen molar-refractivity contribution in [3.05, 3.63) is 59.7 Å². The Morgan fingerprint density at radius 1 is 1.09 bits per heavy atom. The van der Waals surface area contributed by atoms with Gasteiger partial charge in [-0.2, -0.15) is 0 Å². The van der Waals surface area contributed by atoms with Gasteiger partial charge in [0, 0.05) is 19.0 Å².